The van der Waals surface area contributed by atoms with E-state index in [2.05, 4.69) is 11.6 Å². The zero-order valence-electron chi connectivity index (χ0n) is 17.2. The number of hydrogen-bond donors (Lipinski definition) is 0. The van der Waals surface area contributed by atoms with E-state index in [1.165, 1.54) is 18.3 Å². The number of pyridine rings is 1. The van der Waals surface area contributed by atoms with E-state index in [-0.39, 0.29) is 17.0 Å². The van der Waals surface area contributed by atoms with E-state index in [1.807, 2.05) is 24.3 Å². The minimum Gasteiger partial charge on any atom is -0.497 e. The highest BCUT2D eigenvalue weighted by atomic mass is 19.3. The van der Waals surface area contributed by atoms with E-state index in [4.69, 9.17) is 4.74 Å². The minimum absolute atomic E-state index is 0.144. The van der Waals surface area contributed by atoms with Gasteiger partial charge in [-0.15, -0.1) is 0 Å². The van der Waals surface area contributed by atoms with Crippen LogP contribution in [0.4, 0.5) is 8.78 Å². The largest absolute Gasteiger partial charge is 0.497 e. The molecule has 154 valence electrons. The summed E-state index contributed by atoms with van der Waals surface area (Å²) in [4.78, 5) is 17.0. The summed E-state index contributed by atoms with van der Waals surface area (Å²) in [6.07, 6.45) is 1.88. The molecule has 0 saturated carbocycles. The molecule has 2 aromatic carbocycles. The van der Waals surface area contributed by atoms with E-state index in [9.17, 15) is 13.6 Å². The quantitative estimate of drug-likeness (QED) is 0.348. The first-order chi connectivity index (χ1) is 14.2. The maximum Gasteiger partial charge on any atom is 0.272 e. The maximum atomic E-state index is 14.0. The molecule has 0 unspecified atom stereocenters. The lowest BCUT2D eigenvalue weighted by molar-refractivity contribution is 0.0178. The van der Waals surface area contributed by atoms with Crippen molar-refractivity contribution in [2.24, 2.45) is 0 Å². The Bertz CT molecular complexity index is 1100. The monoisotopic (exact) mass is 407 g/mol. The van der Waals surface area contributed by atoms with Crippen LogP contribution in [0.2, 0.25) is 0 Å². The van der Waals surface area contributed by atoms with Gasteiger partial charge in [0.05, 0.1) is 12.8 Å². The number of aryl methyl sites for hydroxylation is 1. The molecule has 0 N–H and O–H groups in total. The number of Topliss-reactive ketones (excluding diaryl/α,β-unsaturated/α-hetero) is 1. The number of rotatable bonds is 7. The lowest BCUT2D eigenvalue weighted by Gasteiger charge is -2.16. The zero-order chi connectivity index (χ0) is 21.9. The highest BCUT2D eigenvalue weighted by molar-refractivity contribution is 6.08. The van der Waals surface area contributed by atoms with Crippen LogP contribution in [-0.2, 0) is 12.3 Å². The zero-order valence-corrected chi connectivity index (χ0v) is 17.2. The molecule has 3 aromatic rings. The molecule has 0 bridgehead atoms. The Labute approximate surface area is 175 Å². The van der Waals surface area contributed by atoms with Crippen molar-refractivity contribution in [3.63, 3.8) is 0 Å². The van der Waals surface area contributed by atoms with Gasteiger partial charge in [-0.05, 0) is 54.0 Å². The number of ketones is 1. The van der Waals surface area contributed by atoms with Gasteiger partial charge >= 0.3 is 0 Å². The van der Waals surface area contributed by atoms with E-state index in [0.29, 0.717) is 34.4 Å². The van der Waals surface area contributed by atoms with Crippen LogP contribution in [0.5, 0.6) is 5.75 Å². The van der Waals surface area contributed by atoms with Crippen LogP contribution in [0, 0.1) is 6.92 Å². The van der Waals surface area contributed by atoms with Crippen molar-refractivity contribution in [1.29, 1.82) is 0 Å². The van der Waals surface area contributed by atoms with Crippen molar-refractivity contribution in [1.82, 2.24) is 4.98 Å². The van der Waals surface area contributed by atoms with Crippen LogP contribution in [0.15, 0.2) is 72.9 Å². The fourth-order valence-corrected chi connectivity index (χ4v) is 3.36. The number of benzene rings is 2. The summed E-state index contributed by atoms with van der Waals surface area (Å²) in [6.45, 7) is 6.57. The Hall–Kier alpha value is -3.34. The molecule has 0 radical (unpaired) electrons. The molecule has 0 aliphatic carbocycles. The lowest BCUT2D eigenvalue weighted by atomic mass is 9.93. The fourth-order valence-electron chi connectivity index (χ4n) is 3.36. The Morgan fingerprint density at radius 3 is 2.57 bits per heavy atom. The van der Waals surface area contributed by atoms with Crippen molar-refractivity contribution in [2.75, 3.05) is 7.11 Å². The third kappa shape index (κ3) is 4.62. The molecule has 1 heterocycles. The van der Waals surface area contributed by atoms with Crippen molar-refractivity contribution in [3.05, 3.63) is 95.2 Å². The molecular formula is C25H23F2NO2. The first-order valence-corrected chi connectivity index (χ1v) is 9.50. The molecule has 30 heavy (non-hydrogen) atoms. The van der Waals surface area contributed by atoms with E-state index < -0.39 is 5.92 Å². The molecule has 5 heteroatoms. The summed E-state index contributed by atoms with van der Waals surface area (Å²) < 4.78 is 33.2. The Kier molecular flexibility index (Phi) is 6.11. The number of ether oxygens (including phenoxy) is 1. The molecule has 0 spiro atoms. The molecule has 0 aliphatic rings. The van der Waals surface area contributed by atoms with Crippen LogP contribution in [0.1, 0.15) is 34.0 Å². The van der Waals surface area contributed by atoms with Gasteiger partial charge < -0.3 is 4.74 Å². The predicted octanol–water partition coefficient (Wildman–Crippen LogP) is 6.16. The standard InChI is InChI=1S/C25H23F2NO2/c1-16-14-19(24(29)17(2)13-18-7-5-8-20(15-18)30-4)10-11-21(16)23-22(25(3,26)27)9-6-12-28-23/h5-12,14-15H,2,13H2,1,3-4H3. The number of aromatic nitrogens is 1. The van der Waals surface area contributed by atoms with Gasteiger partial charge in [0.1, 0.15) is 5.75 Å². The number of hydrogen-bond acceptors (Lipinski definition) is 3. The fraction of sp³-hybridized carbons (Fsp3) is 0.200. The molecule has 0 atom stereocenters. The molecular weight excluding hydrogens is 384 g/mol. The molecule has 0 saturated heterocycles. The lowest BCUT2D eigenvalue weighted by Crippen LogP contribution is -2.11. The van der Waals surface area contributed by atoms with E-state index in [0.717, 1.165) is 12.5 Å². The van der Waals surface area contributed by atoms with Crippen molar-refractivity contribution < 1.29 is 18.3 Å². The SMILES string of the molecule is C=C(Cc1cccc(OC)c1)C(=O)c1ccc(-c2ncccc2C(C)(F)F)c(C)c1. The maximum absolute atomic E-state index is 14.0. The Morgan fingerprint density at radius 2 is 1.90 bits per heavy atom. The highest BCUT2D eigenvalue weighted by Crippen LogP contribution is 2.35. The number of alkyl halides is 2. The number of halogens is 2. The normalized spacial score (nSPS) is 11.2. The minimum atomic E-state index is -3.02. The number of methoxy groups -OCH3 is 1. The van der Waals surface area contributed by atoms with Crippen molar-refractivity contribution in [2.45, 2.75) is 26.2 Å². The van der Waals surface area contributed by atoms with Gasteiger partial charge in [0.15, 0.2) is 5.78 Å². The summed E-state index contributed by atoms with van der Waals surface area (Å²) in [5, 5.41) is 0. The summed E-state index contributed by atoms with van der Waals surface area (Å²) >= 11 is 0. The molecule has 3 rings (SSSR count). The third-order valence-electron chi connectivity index (χ3n) is 4.90. The van der Waals surface area contributed by atoms with Gasteiger partial charge in [-0.25, -0.2) is 8.78 Å². The molecule has 0 fully saturated rings. The van der Waals surface area contributed by atoms with Gasteiger partial charge in [0.25, 0.3) is 5.92 Å². The van der Waals surface area contributed by atoms with Gasteiger partial charge in [-0.3, -0.25) is 9.78 Å². The number of allylic oxidation sites excluding steroid dienone is 1. The van der Waals surface area contributed by atoms with Crippen LogP contribution in [0.25, 0.3) is 11.3 Å². The topological polar surface area (TPSA) is 39.2 Å². The Morgan fingerprint density at radius 1 is 1.13 bits per heavy atom. The molecule has 1 aromatic heterocycles. The van der Waals surface area contributed by atoms with Crippen molar-refractivity contribution in [3.8, 4) is 17.0 Å². The summed E-state index contributed by atoms with van der Waals surface area (Å²) in [5.74, 6) is -2.49. The average molecular weight is 407 g/mol. The highest BCUT2D eigenvalue weighted by Gasteiger charge is 2.29. The predicted molar refractivity (Wildman–Crippen MR) is 114 cm³/mol. The van der Waals surface area contributed by atoms with E-state index >= 15 is 0 Å². The van der Waals surface area contributed by atoms with Crippen LogP contribution in [0.3, 0.4) is 0 Å². The third-order valence-corrected chi connectivity index (χ3v) is 4.90. The first kappa shape index (κ1) is 21.4. The first-order valence-electron chi connectivity index (χ1n) is 9.50. The van der Waals surface area contributed by atoms with Gasteiger partial charge in [-0.2, -0.15) is 0 Å². The smallest absolute Gasteiger partial charge is 0.272 e. The van der Waals surface area contributed by atoms with Gasteiger partial charge in [0.2, 0.25) is 0 Å². The molecule has 0 aliphatic heterocycles. The molecule has 3 nitrogen and oxygen atoms in total. The second kappa shape index (κ2) is 8.57. The summed E-state index contributed by atoms with van der Waals surface area (Å²) in [7, 11) is 1.59. The van der Waals surface area contributed by atoms with E-state index in [1.54, 1.807) is 32.2 Å². The number of nitrogens with zero attached hydrogens (tertiary/aromatic N) is 1. The van der Waals surface area contributed by atoms with Crippen molar-refractivity contribution >= 4 is 5.78 Å². The van der Waals surface area contributed by atoms with Gasteiger partial charge in [-0.1, -0.05) is 30.8 Å². The second-order valence-corrected chi connectivity index (χ2v) is 7.28. The number of carbonyl (C=O) groups excluding carboxylic acids is 1. The van der Waals surface area contributed by atoms with Gasteiger partial charge in [0, 0.05) is 36.2 Å². The number of carbonyl (C=O) groups is 1. The Balaban J connectivity index is 1.87. The van der Waals surface area contributed by atoms with Crippen LogP contribution < -0.4 is 4.74 Å². The summed E-state index contributed by atoms with van der Waals surface area (Å²) in [5.41, 5.74) is 3.16. The van der Waals surface area contributed by atoms with Crippen LogP contribution in [-0.4, -0.2) is 17.9 Å². The molecule has 0 amide bonds. The van der Waals surface area contributed by atoms with Crippen LogP contribution >= 0.6 is 0 Å². The summed E-state index contributed by atoms with van der Waals surface area (Å²) in [6, 6.07) is 15.3. The second-order valence-electron chi connectivity index (χ2n) is 7.28. The average Bonchev–Trinajstić information content (AvgIpc) is 2.72.